The van der Waals surface area contributed by atoms with Crippen molar-refractivity contribution >= 4 is 5.97 Å². The largest absolute Gasteiger partial charge is 0.496 e. The fourth-order valence-electron chi connectivity index (χ4n) is 2.02. The average molecular weight is 273 g/mol. The number of pyridine rings is 1. The number of aromatic nitrogens is 1. The fourth-order valence-corrected chi connectivity index (χ4v) is 2.02. The number of nitrogens with zero attached hydrogens (tertiary/aromatic N) is 1. The summed E-state index contributed by atoms with van der Waals surface area (Å²) in [4.78, 5) is 22.7. The fraction of sp³-hybridized carbons (Fsp3) is 0.200. The van der Waals surface area contributed by atoms with Crippen LogP contribution in [-0.2, 0) is 6.54 Å². The summed E-state index contributed by atoms with van der Waals surface area (Å²) in [7, 11) is 1.60. The van der Waals surface area contributed by atoms with Crippen molar-refractivity contribution in [1.82, 2.24) is 4.57 Å². The molecule has 5 heteroatoms. The molecule has 0 radical (unpaired) electrons. The van der Waals surface area contributed by atoms with E-state index in [4.69, 9.17) is 9.84 Å². The number of methoxy groups -OCH3 is 1. The Hall–Kier alpha value is -2.56. The second kappa shape index (κ2) is 5.61. The van der Waals surface area contributed by atoms with E-state index in [0.717, 1.165) is 16.9 Å². The molecule has 104 valence electrons. The van der Waals surface area contributed by atoms with E-state index in [2.05, 4.69) is 0 Å². The molecule has 0 saturated carbocycles. The van der Waals surface area contributed by atoms with Gasteiger partial charge in [0.15, 0.2) is 0 Å². The number of ether oxygens (including phenoxy) is 1. The minimum Gasteiger partial charge on any atom is -0.496 e. The van der Waals surface area contributed by atoms with Gasteiger partial charge in [0.1, 0.15) is 5.75 Å². The van der Waals surface area contributed by atoms with Gasteiger partial charge < -0.3 is 14.4 Å². The monoisotopic (exact) mass is 273 g/mol. The SMILES string of the molecule is COc1ccc(Cn2cc(C(=O)O)ccc2=O)cc1C. The van der Waals surface area contributed by atoms with Gasteiger partial charge in [0.05, 0.1) is 19.2 Å². The van der Waals surface area contributed by atoms with Crippen LogP contribution in [0.2, 0.25) is 0 Å². The van der Waals surface area contributed by atoms with Crippen molar-refractivity contribution < 1.29 is 14.6 Å². The van der Waals surface area contributed by atoms with Crippen molar-refractivity contribution in [1.29, 1.82) is 0 Å². The lowest BCUT2D eigenvalue weighted by Crippen LogP contribution is -2.20. The van der Waals surface area contributed by atoms with Gasteiger partial charge in [-0.05, 0) is 30.2 Å². The first kappa shape index (κ1) is 13.9. The summed E-state index contributed by atoms with van der Waals surface area (Å²) in [6.07, 6.45) is 1.35. The molecule has 0 unspecified atom stereocenters. The molecule has 2 rings (SSSR count). The summed E-state index contributed by atoms with van der Waals surface area (Å²) >= 11 is 0. The second-order valence-corrected chi connectivity index (χ2v) is 4.49. The Bertz CT molecular complexity index is 703. The minimum absolute atomic E-state index is 0.0924. The molecule has 2 aromatic rings. The number of carboxylic acid groups (broad SMARTS) is 1. The van der Waals surface area contributed by atoms with Crippen LogP contribution in [0, 0.1) is 6.92 Å². The van der Waals surface area contributed by atoms with Crippen molar-refractivity contribution in [3.63, 3.8) is 0 Å². The highest BCUT2D eigenvalue weighted by Crippen LogP contribution is 2.18. The number of benzene rings is 1. The van der Waals surface area contributed by atoms with Gasteiger partial charge in [0, 0.05) is 12.3 Å². The predicted molar refractivity (Wildman–Crippen MR) is 74.5 cm³/mol. The maximum absolute atomic E-state index is 11.8. The first-order valence-corrected chi connectivity index (χ1v) is 6.08. The predicted octanol–water partition coefficient (Wildman–Crippen LogP) is 1.91. The minimum atomic E-state index is -1.05. The molecule has 5 nitrogen and oxygen atoms in total. The summed E-state index contributed by atoms with van der Waals surface area (Å²) in [6, 6.07) is 8.17. The molecule has 0 aliphatic heterocycles. The van der Waals surface area contributed by atoms with Crippen LogP contribution in [0.15, 0.2) is 41.3 Å². The van der Waals surface area contributed by atoms with Crippen molar-refractivity contribution in [3.05, 3.63) is 63.6 Å². The Balaban J connectivity index is 2.34. The molecule has 20 heavy (non-hydrogen) atoms. The van der Waals surface area contributed by atoms with E-state index >= 15 is 0 Å². The van der Waals surface area contributed by atoms with E-state index in [0.29, 0.717) is 6.54 Å². The van der Waals surface area contributed by atoms with Gasteiger partial charge in [-0.15, -0.1) is 0 Å². The third kappa shape index (κ3) is 2.88. The van der Waals surface area contributed by atoms with Crippen LogP contribution in [0.5, 0.6) is 5.75 Å². The molecule has 0 aliphatic carbocycles. The quantitative estimate of drug-likeness (QED) is 0.924. The standard InChI is InChI=1S/C15H15NO4/c1-10-7-11(3-5-13(10)20-2)8-16-9-12(15(18)19)4-6-14(16)17/h3-7,9H,8H2,1-2H3,(H,18,19). The van der Waals surface area contributed by atoms with Gasteiger partial charge in [-0.25, -0.2) is 4.79 Å². The number of hydrogen-bond donors (Lipinski definition) is 1. The van der Waals surface area contributed by atoms with E-state index in [1.807, 2.05) is 25.1 Å². The third-order valence-electron chi connectivity index (χ3n) is 3.04. The number of rotatable bonds is 4. The molecule has 0 bridgehead atoms. The van der Waals surface area contributed by atoms with Crippen LogP contribution < -0.4 is 10.3 Å². The molecule has 1 aromatic heterocycles. The Labute approximate surface area is 116 Å². The number of hydrogen-bond acceptors (Lipinski definition) is 3. The van der Waals surface area contributed by atoms with Gasteiger partial charge in [-0.3, -0.25) is 4.79 Å². The Morgan fingerprint density at radius 2 is 2.05 bits per heavy atom. The summed E-state index contributed by atoms with van der Waals surface area (Å²) in [5, 5.41) is 8.95. The molecule has 0 amide bonds. The lowest BCUT2D eigenvalue weighted by atomic mass is 10.1. The zero-order valence-electron chi connectivity index (χ0n) is 11.3. The van der Waals surface area contributed by atoms with E-state index in [-0.39, 0.29) is 11.1 Å². The summed E-state index contributed by atoms with van der Waals surface area (Å²) in [5.74, 6) is -0.273. The molecule has 0 atom stereocenters. The molecule has 1 N–H and O–H groups in total. The number of carbonyl (C=O) groups is 1. The highest BCUT2D eigenvalue weighted by molar-refractivity contribution is 5.87. The molecule has 0 fully saturated rings. The van der Waals surface area contributed by atoms with Crippen LogP contribution >= 0.6 is 0 Å². The van der Waals surface area contributed by atoms with Crippen molar-refractivity contribution in [2.24, 2.45) is 0 Å². The molecule has 0 saturated heterocycles. The average Bonchev–Trinajstić information content (AvgIpc) is 2.41. The van der Waals surface area contributed by atoms with E-state index in [1.165, 1.54) is 22.9 Å². The van der Waals surface area contributed by atoms with Crippen LogP contribution in [0.4, 0.5) is 0 Å². The van der Waals surface area contributed by atoms with Gasteiger partial charge in [0.25, 0.3) is 5.56 Å². The van der Waals surface area contributed by atoms with Gasteiger partial charge >= 0.3 is 5.97 Å². The van der Waals surface area contributed by atoms with Gasteiger partial charge in [0.2, 0.25) is 0 Å². The zero-order valence-corrected chi connectivity index (χ0v) is 11.3. The van der Waals surface area contributed by atoms with Crippen molar-refractivity contribution in [2.75, 3.05) is 7.11 Å². The third-order valence-corrected chi connectivity index (χ3v) is 3.04. The van der Waals surface area contributed by atoms with E-state index < -0.39 is 5.97 Å². The number of carboxylic acids is 1. The molecular weight excluding hydrogens is 258 g/mol. The van der Waals surface area contributed by atoms with Crippen LogP contribution in [0.3, 0.4) is 0 Å². The smallest absolute Gasteiger partial charge is 0.337 e. The van der Waals surface area contributed by atoms with Gasteiger partial charge in [-0.1, -0.05) is 12.1 Å². The highest BCUT2D eigenvalue weighted by atomic mass is 16.5. The molecule has 0 spiro atoms. The van der Waals surface area contributed by atoms with E-state index in [1.54, 1.807) is 7.11 Å². The van der Waals surface area contributed by atoms with Crippen LogP contribution in [0.1, 0.15) is 21.5 Å². The maximum atomic E-state index is 11.8. The van der Waals surface area contributed by atoms with Crippen molar-refractivity contribution in [3.8, 4) is 5.75 Å². The molecule has 1 aromatic carbocycles. The maximum Gasteiger partial charge on any atom is 0.337 e. The van der Waals surface area contributed by atoms with Crippen molar-refractivity contribution in [2.45, 2.75) is 13.5 Å². The Morgan fingerprint density at radius 3 is 2.65 bits per heavy atom. The molecular formula is C15H15NO4. The summed E-state index contributed by atoms with van der Waals surface area (Å²) in [5.41, 5.74) is 1.73. The highest BCUT2D eigenvalue weighted by Gasteiger charge is 2.06. The summed E-state index contributed by atoms with van der Waals surface area (Å²) in [6.45, 7) is 2.24. The Morgan fingerprint density at radius 1 is 1.30 bits per heavy atom. The lowest BCUT2D eigenvalue weighted by molar-refractivity contribution is 0.0696. The van der Waals surface area contributed by atoms with E-state index in [9.17, 15) is 9.59 Å². The first-order chi connectivity index (χ1) is 9.51. The zero-order chi connectivity index (χ0) is 14.7. The normalized spacial score (nSPS) is 10.3. The van der Waals surface area contributed by atoms with Crippen LogP contribution in [0.25, 0.3) is 0 Å². The lowest BCUT2D eigenvalue weighted by Gasteiger charge is -2.09. The molecule has 1 heterocycles. The number of aromatic carboxylic acids is 1. The first-order valence-electron chi connectivity index (χ1n) is 6.08. The number of aryl methyl sites for hydroxylation is 1. The second-order valence-electron chi connectivity index (χ2n) is 4.49. The topological polar surface area (TPSA) is 68.5 Å². The summed E-state index contributed by atoms with van der Waals surface area (Å²) < 4.78 is 6.56. The van der Waals surface area contributed by atoms with Gasteiger partial charge in [-0.2, -0.15) is 0 Å². The molecule has 0 aliphatic rings. The van der Waals surface area contributed by atoms with Crippen LogP contribution in [-0.4, -0.2) is 22.8 Å². The Kier molecular flexibility index (Phi) is 3.89.